The van der Waals surface area contributed by atoms with Crippen LogP contribution in [0.1, 0.15) is 34.3 Å². The number of benzene rings is 2. The third kappa shape index (κ3) is 5.18. The lowest BCUT2D eigenvalue weighted by Crippen LogP contribution is -2.65. The summed E-state index contributed by atoms with van der Waals surface area (Å²) in [5.41, 5.74) is 3.79. The molecular weight excluding hydrogens is 580 g/mol. The molecule has 0 heterocycles. The highest BCUT2D eigenvalue weighted by molar-refractivity contribution is 6.24. The van der Waals surface area contributed by atoms with Crippen LogP contribution in [0.5, 0.6) is 5.75 Å². The lowest BCUT2D eigenvalue weighted by Gasteiger charge is -2.50. The number of fused-ring (bicyclic) bond motifs is 3. The number of ketones is 2. The number of hydrogen-bond acceptors (Lipinski definition) is 10. The van der Waals surface area contributed by atoms with Crippen LogP contribution in [0.4, 0.5) is 0 Å². The number of phenols is 1. The molecule has 4 atom stereocenters. The summed E-state index contributed by atoms with van der Waals surface area (Å²) in [6.07, 6.45) is 0.904. The van der Waals surface area contributed by atoms with Crippen molar-refractivity contribution >= 4 is 29.1 Å². The first-order valence-corrected chi connectivity index (χ1v) is 14.7. The Morgan fingerprint density at radius 2 is 1.78 bits per heavy atom. The van der Waals surface area contributed by atoms with Gasteiger partial charge in [0.15, 0.2) is 11.4 Å². The Hall–Kier alpha value is -4.52. The zero-order chi connectivity index (χ0) is 33.0. The van der Waals surface area contributed by atoms with Crippen LogP contribution >= 0.6 is 0 Å². The summed E-state index contributed by atoms with van der Waals surface area (Å²) in [7, 11) is 7.02. The van der Waals surface area contributed by atoms with Gasteiger partial charge in [-0.05, 0) is 94.8 Å². The van der Waals surface area contributed by atoms with E-state index in [9.17, 15) is 39.6 Å². The molecule has 2 amide bonds. The van der Waals surface area contributed by atoms with Gasteiger partial charge in [-0.2, -0.15) is 0 Å². The Labute approximate surface area is 260 Å². The highest BCUT2D eigenvalue weighted by Crippen LogP contribution is 2.53. The van der Waals surface area contributed by atoms with E-state index in [1.807, 2.05) is 19.0 Å². The van der Waals surface area contributed by atoms with Crippen LogP contribution in [0.2, 0.25) is 0 Å². The smallest absolute Gasteiger partial charge is 0.255 e. The minimum absolute atomic E-state index is 0.0117. The van der Waals surface area contributed by atoms with E-state index in [0.717, 1.165) is 13.0 Å². The second-order valence-corrected chi connectivity index (χ2v) is 12.4. The normalized spacial score (nSPS) is 24.5. The first-order chi connectivity index (χ1) is 21.2. The quantitative estimate of drug-likeness (QED) is 0.186. The fourth-order valence-corrected chi connectivity index (χ4v) is 7.04. The molecule has 45 heavy (non-hydrogen) atoms. The van der Waals surface area contributed by atoms with Crippen molar-refractivity contribution in [2.24, 2.45) is 17.6 Å². The molecule has 3 aliphatic rings. The van der Waals surface area contributed by atoms with Gasteiger partial charge in [-0.1, -0.05) is 18.2 Å². The molecule has 1 fully saturated rings. The molecule has 0 aromatic heterocycles. The van der Waals surface area contributed by atoms with E-state index in [2.05, 4.69) is 5.32 Å². The molecule has 12 nitrogen and oxygen atoms in total. The van der Waals surface area contributed by atoms with Gasteiger partial charge in [0.05, 0.1) is 11.6 Å². The molecule has 0 aliphatic heterocycles. The molecule has 1 saturated carbocycles. The van der Waals surface area contributed by atoms with Crippen molar-refractivity contribution in [3.05, 3.63) is 70.0 Å². The summed E-state index contributed by atoms with van der Waals surface area (Å²) in [5.74, 6) is -7.30. The standard InChI is InChI=1S/C33H38N4O8/c1-36(2)12-6-11-35-32(44)17-8-5-7-16(13-17)19-9-10-22(38)24-20(19)14-18-15-21-26(37(3)4)28(40)25(31(34)43)30(42)33(21,45)29(41)23(18)27(24)39/h5,7-10,13,18,21,26,38-39,42,45H,6,11-12,14-15H2,1-4H3,(H2,34,43)(H,35,44)/t18-,21-,26?,33-/m0/s1. The van der Waals surface area contributed by atoms with Crippen LogP contribution in [-0.4, -0.2) is 107 Å². The maximum atomic E-state index is 14.0. The molecule has 7 N–H and O–H groups in total. The number of nitrogens with zero attached hydrogens (tertiary/aromatic N) is 2. The van der Waals surface area contributed by atoms with E-state index in [4.69, 9.17) is 5.73 Å². The predicted molar refractivity (Wildman–Crippen MR) is 165 cm³/mol. The Morgan fingerprint density at radius 1 is 1.07 bits per heavy atom. The van der Waals surface area contributed by atoms with Crippen molar-refractivity contribution in [3.8, 4) is 16.9 Å². The average Bonchev–Trinajstić information content (AvgIpc) is 2.96. The van der Waals surface area contributed by atoms with Crippen molar-refractivity contribution in [1.82, 2.24) is 15.1 Å². The van der Waals surface area contributed by atoms with Crippen molar-refractivity contribution in [2.45, 2.75) is 30.9 Å². The third-order valence-corrected chi connectivity index (χ3v) is 9.11. The van der Waals surface area contributed by atoms with E-state index >= 15 is 0 Å². The largest absolute Gasteiger partial charge is 0.508 e. The summed E-state index contributed by atoms with van der Waals surface area (Å²) in [4.78, 5) is 55.9. The minimum Gasteiger partial charge on any atom is -0.508 e. The van der Waals surface area contributed by atoms with Crippen LogP contribution in [0.3, 0.4) is 0 Å². The van der Waals surface area contributed by atoms with Crippen LogP contribution < -0.4 is 11.1 Å². The number of primary amides is 1. The summed E-state index contributed by atoms with van der Waals surface area (Å²) in [5, 5.41) is 48.1. The zero-order valence-electron chi connectivity index (χ0n) is 25.6. The number of nitrogens with two attached hydrogens (primary N) is 1. The molecule has 1 unspecified atom stereocenters. The van der Waals surface area contributed by atoms with Crippen molar-refractivity contribution < 1.29 is 39.6 Å². The molecule has 2 aromatic rings. The van der Waals surface area contributed by atoms with Crippen molar-refractivity contribution in [2.75, 3.05) is 41.3 Å². The molecule has 0 saturated heterocycles. The summed E-state index contributed by atoms with van der Waals surface area (Å²) in [6.45, 7) is 1.33. The maximum Gasteiger partial charge on any atom is 0.255 e. The third-order valence-electron chi connectivity index (χ3n) is 9.11. The average molecular weight is 619 g/mol. The molecule has 5 rings (SSSR count). The minimum atomic E-state index is -2.70. The number of Topliss-reactive ketones (excluding diaryl/α,β-unsaturated/α-hetero) is 2. The van der Waals surface area contributed by atoms with E-state index in [-0.39, 0.29) is 35.6 Å². The van der Waals surface area contributed by atoms with Gasteiger partial charge in [-0.3, -0.25) is 24.1 Å². The van der Waals surface area contributed by atoms with Gasteiger partial charge in [-0.15, -0.1) is 0 Å². The van der Waals surface area contributed by atoms with E-state index in [1.165, 1.54) is 11.0 Å². The number of rotatable bonds is 8. The molecule has 2 aromatic carbocycles. The zero-order valence-corrected chi connectivity index (χ0v) is 25.6. The van der Waals surface area contributed by atoms with Gasteiger partial charge in [0.1, 0.15) is 22.8 Å². The van der Waals surface area contributed by atoms with Crippen LogP contribution in [0.15, 0.2) is 53.3 Å². The molecular formula is C33H38N4O8. The highest BCUT2D eigenvalue weighted by atomic mass is 16.3. The topological polar surface area (TPSA) is 194 Å². The number of hydrogen-bond donors (Lipinski definition) is 6. The fourth-order valence-electron chi connectivity index (χ4n) is 7.04. The monoisotopic (exact) mass is 618 g/mol. The number of aromatic hydroxyl groups is 1. The summed E-state index contributed by atoms with van der Waals surface area (Å²) < 4.78 is 0. The first kappa shape index (κ1) is 31.9. The lowest BCUT2D eigenvalue weighted by molar-refractivity contribution is -0.153. The highest BCUT2D eigenvalue weighted by Gasteiger charge is 2.64. The molecule has 0 radical (unpaired) electrons. The van der Waals surface area contributed by atoms with Gasteiger partial charge in [-0.25, -0.2) is 0 Å². The predicted octanol–water partition coefficient (Wildman–Crippen LogP) is 1.31. The number of amides is 2. The maximum absolute atomic E-state index is 14.0. The number of phenolic OH excluding ortho intramolecular Hbond substituents is 1. The Morgan fingerprint density at radius 3 is 2.42 bits per heavy atom. The summed E-state index contributed by atoms with van der Waals surface area (Å²) in [6, 6.07) is 8.81. The van der Waals surface area contributed by atoms with Gasteiger partial charge in [0.2, 0.25) is 5.78 Å². The van der Waals surface area contributed by atoms with Gasteiger partial charge in [0.25, 0.3) is 11.8 Å². The first-order valence-electron chi connectivity index (χ1n) is 14.7. The molecule has 238 valence electrons. The number of carbonyl (C=O) groups excluding carboxylic acids is 4. The number of aliphatic hydroxyl groups is 3. The van der Waals surface area contributed by atoms with E-state index in [0.29, 0.717) is 28.8 Å². The number of nitrogens with one attached hydrogen (secondary N) is 1. The fraction of sp³-hybridized carbons (Fsp3) is 0.394. The molecule has 3 aliphatic carbocycles. The second kappa shape index (κ2) is 11.8. The number of likely N-dealkylation sites (N-methyl/N-ethyl adjacent to an activating group) is 1. The van der Waals surface area contributed by atoms with Crippen LogP contribution in [0, 0.1) is 11.8 Å². The van der Waals surface area contributed by atoms with Crippen molar-refractivity contribution in [1.29, 1.82) is 0 Å². The van der Waals surface area contributed by atoms with Gasteiger partial charge >= 0.3 is 0 Å². The lowest BCUT2D eigenvalue weighted by atomic mass is 9.57. The number of carbonyl (C=O) groups is 4. The summed E-state index contributed by atoms with van der Waals surface area (Å²) >= 11 is 0. The van der Waals surface area contributed by atoms with Gasteiger partial charge in [0, 0.05) is 23.6 Å². The Balaban J connectivity index is 1.58. The SMILES string of the molecule is CN(C)CCCNC(=O)c1cccc(-c2ccc(O)c3c2C[C@H]2C[C@H]4C(N(C)C)C(=O)C(C(N)=O)=C(O)[C@@]4(O)C(=O)C2=C3O)c1. The van der Waals surface area contributed by atoms with Gasteiger partial charge < -0.3 is 36.4 Å². The number of aliphatic hydroxyl groups excluding tert-OH is 2. The molecule has 0 bridgehead atoms. The van der Waals surface area contributed by atoms with E-state index < -0.39 is 58.0 Å². The van der Waals surface area contributed by atoms with Crippen LogP contribution in [-0.2, 0) is 20.8 Å². The van der Waals surface area contributed by atoms with Crippen molar-refractivity contribution in [3.63, 3.8) is 0 Å². The van der Waals surface area contributed by atoms with Crippen LogP contribution in [0.25, 0.3) is 16.9 Å². The Bertz CT molecular complexity index is 1680. The Kier molecular flexibility index (Phi) is 8.34. The van der Waals surface area contributed by atoms with E-state index in [1.54, 1.807) is 44.4 Å². The second-order valence-electron chi connectivity index (χ2n) is 12.4. The molecule has 0 spiro atoms. The molecule has 12 heteroatoms.